The smallest absolute Gasteiger partial charge is 0.162 e. The van der Waals surface area contributed by atoms with E-state index in [1.807, 2.05) is 33.9 Å². The number of allylic oxidation sites excluding steroid dienone is 2. The van der Waals surface area contributed by atoms with Gasteiger partial charge in [-0.2, -0.15) is 0 Å². The molecule has 49 heavy (non-hydrogen) atoms. The van der Waals surface area contributed by atoms with Crippen LogP contribution in [0.25, 0.3) is 43.9 Å². The molecular weight excluding hydrogens is 795 g/mol. The molecule has 1 radical (unpaired) electrons. The van der Waals surface area contributed by atoms with Crippen LogP contribution in [0.4, 0.5) is 0 Å². The maximum absolute atomic E-state index is 11.7. The molecule has 0 unspecified atom stereocenters. The fourth-order valence-electron chi connectivity index (χ4n) is 7.50. The van der Waals surface area contributed by atoms with Crippen LogP contribution < -0.4 is 10.4 Å². The second-order valence-corrected chi connectivity index (χ2v) is 19.1. The number of aromatic nitrogens is 1. The number of carbonyl (C=O) groups excluding carboxylic acids is 1. The fourth-order valence-corrected chi connectivity index (χ4v) is 10.9. The van der Waals surface area contributed by atoms with E-state index in [1.165, 1.54) is 49.3 Å². The Balaban J connectivity index is 0.000000290. The second kappa shape index (κ2) is 15.7. The van der Waals surface area contributed by atoms with Crippen LogP contribution in [0, 0.1) is 17.9 Å². The average molecular weight is 847 g/mol. The van der Waals surface area contributed by atoms with Gasteiger partial charge in [-0.3, -0.25) is 9.78 Å². The van der Waals surface area contributed by atoms with Crippen molar-refractivity contribution in [3.8, 4) is 22.4 Å². The minimum atomic E-state index is -2.00. The molecule has 1 N–H and O–H groups in total. The van der Waals surface area contributed by atoms with Crippen LogP contribution in [-0.4, -0.2) is 23.9 Å². The summed E-state index contributed by atoms with van der Waals surface area (Å²) in [6.45, 7) is 19.9. The Labute approximate surface area is 308 Å². The molecule has 4 aromatic carbocycles. The SMILES string of the molecule is CC(C)(C)c1cc(-c2nccc3c2[Si](C)(C)c2cccc4cccc-3c24)[c-]c2ccccc12.CCC(CC)C(=O)/C=C(\O)C(CC)CC.[Ir]. The van der Waals surface area contributed by atoms with Gasteiger partial charge in [0.15, 0.2) is 5.78 Å². The van der Waals surface area contributed by atoms with Crippen molar-refractivity contribution < 1.29 is 30.0 Å². The van der Waals surface area contributed by atoms with Crippen LogP contribution in [0.3, 0.4) is 0 Å². The number of fused-ring (bicyclic) bond motifs is 3. The van der Waals surface area contributed by atoms with Gasteiger partial charge >= 0.3 is 0 Å². The van der Waals surface area contributed by atoms with Crippen LogP contribution in [0.2, 0.25) is 13.1 Å². The summed E-state index contributed by atoms with van der Waals surface area (Å²) in [6.07, 6.45) is 6.90. The molecule has 0 fully saturated rings. The van der Waals surface area contributed by atoms with Gasteiger partial charge in [0, 0.05) is 49.9 Å². The van der Waals surface area contributed by atoms with Gasteiger partial charge < -0.3 is 5.11 Å². The molecule has 1 aromatic heterocycles. The van der Waals surface area contributed by atoms with Crippen molar-refractivity contribution in [1.29, 1.82) is 0 Å². The number of hydrogen-bond acceptors (Lipinski definition) is 3. The number of pyridine rings is 1. The molecule has 0 spiro atoms. The number of benzene rings is 4. The Morgan fingerprint density at radius 1 is 0.857 bits per heavy atom. The van der Waals surface area contributed by atoms with Gasteiger partial charge in [-0.1, -0.05) is 132 Å². The van der Waals surface area contributed by atoms with E-state index >= 15 is 0 Å². The van der Waals surface area contributed by atoms with E-state index in [4.69, 9.17) is 4.98 Å². The number of hydrogen-bond donors (Lipinski definition) is 1. The molecule has 1 aliphatic heterocycles. The van der Waals surface area contributed by atoms with E-state index in [0.29, 0.717) is 0 Å². The molecule has 0 atom stereocenters. The fraction of sp³-hybridized carbons (Fsp3) is 0.364. The molecule has 0 saturated carbocycles. The quantitative estimate of drug-likeness (QED) is 0.0733. The normalized spacial score (nSPS) is 13.6. The monoisotopic (exact) mass is 847 g/mol. The number of aliphatic hydroxyl groups is 1. The molecular formula is C44H52IrNO2Si-. The zero-order valence-corrected chi connectivity index (χ0v) is 34.1. The minimum absolute atomic E-state index is 0. The van der Waals surface area contributed by atoms with Crippen LogP contribution >= 0.6 is 0 Å². The molecule has 5 heteroatoms. The van der Waals surface area contributed by atoms with E-state index in [-0.39, 0.29) is 48.9 Å². The van der Waals surface area contributed by atoms with Gasteiger partial charge in [0.1, 0.15) is 8.07 Å². The molecule has 5 aromatic rings. The van der Waals surface area contributed by atoms with Crippen molar-refractivity contribution in [2.45, 2.75) is 92.7 Å². The third-order valence-corrected chi connectivity index (χ3v) is 13.9. The van der Waals surface area contributed by atoms with Gasteiger partial charge in [-0.15, -0.1) is 29.1 Å². The second-order valence-electron chi connectivity index (χ2n) is 14.8. The molecule has 0 bridgehead atoms. The zero-order chi connectivity index (χ0) is 34.8. The summed E-state index contributed by atoms with van der Waals surface area (Å²) in [5.74, 6) is 0.547. The number of aliphatic hydroxyl groups excluding tert-OH is 1. The summed E-state index contributed by atoms with van der Waals surface area (Å²) in [6, 6.07) is 30.5. The number of nitrogens with zero attached hydrogens (tertiary/aromatic N) is 1. The van der Waals surface area contributed by atoms with Gasteiger partial charge in [0.2, 0.25) is 0 Å². The molecule has 0 saturated heterocycles. The summed E-state index contributed by atoms with van der Waals surface area (Å²) in [5.41, 5.74) is 6.28. The summed E-state index contributed by atoms with van der Waals surface area (Å²) >= 11 is 0. The standard InChI is InChI=1S/C31H28NSi.C13H24O2.Ir/c1-31(2,3)26-19-22(18-21-10-6-7-13-23(21)26)29-30-25(16-17-32-29)24-14-8-11-20-12-9-15-27(28(20)24)33(30,4)5;1-5-10(6-2)12(14)9-13(15)11(7-3)8-4;/h6-17,19H,1-5H3;9-11,14H,5-8H2,1-4H3;/q-1;;/b;12-9-;. The maximum Gasteiger partial charge on any atom is 0.162 e. The van der Waals surface area contributed by atoms with Gasteiger partial charge in [-0.05, 0) is 64.3 Å². The van der Waals surface area contributed by atoms with Gasteiger partial charge in [0.05, 0.1) is 5.76 Å². The Bertz CT molecular complexity index is 1970. The zero-order valence-electron chi connectivity index (χ0n) is 30.7. The first-order chi connectivity index (χ1) is 22.9. The first kappa shape index (κ1) is 38.4. The minimum Gasteiger partial charge on any atom is -0.512 e. The Hall–Kier alpha value is -3.37. The Morgan fingerprint density at radius 3 is 2.12 bits per heavy atom. The van der Waals surface area contributed by atoms with Crippen molar-refractivity contribution in [3.63, 3.8) is 0 Å². The molecule has 3 nitrogen and oxygen atoms in total. The van der Waals surface area contributed by atoms with Gasteiger partial charge in [-0.25, -0.2) is 0 Å². The topological polar surface area (TPSA) is 50.2 Å². The molecule has 0 aliphatic carbocycles. The third-order valence-electron chi connectivity index (χ3n) is 10.4. The van der Waals surface area contributed by atoms with Crippen molar-refractivity contribution in [2.75, 3.05) is 0 Å². The molecule has 259 valence electrons. The first-order valence-electron chi connectivity index (χ1n) is 17.8. The van der Waals surface area contributed by atoms with Crippen LogP contribution in [-0.2, 0) is 30.3 Å². The molecule has 1 aliphatic rings. The van der Waals surface area contributed by atoms with E-state index < -0.39 is 8.07 Å². The summed E-state index contributed by atoms with van der Waals surface area (Å²) < 4.78 is 0. The van der Waals surface area contributed by atoms with E-state index in [9.17, 15) is 9.90 Å². The number of carbonyl (C=O) groups is 1. The summed E-state index contributed by atoms with van der Waals surface area (Å²) in [4.78, 5) is 16.7. The van der Waals surface area contributed by atoms with Gasteiger partial charge in [0.25, 0.3) is 0 Å². The van der Waals surface area contributed by atoms with E-state index in [0.717, 1.165) is 42.3 Å². The predicted octanol–water partition coefficient (Wildman–Crippen LogP) is 10.8. The van der Waals surface area contributed by atoms with Crippen molar-refractivity contribution >= 4 is 45.8 Å². The largest absolute Gasteiger partial charge is 0.512 e. The van der Waals surface area contributed by atoms with Crippen molar-refractivity contribution in [2.24, 2.45) is 11.8 Å². The van der Waals surface area contributed by atoms with E-state index in [1.54, 1.807) is 0 Å². The van der Waals surface area contributed by atoms with Crippen molar-refractivity contribution in [1.82, 2.24) is 4.98 Å². The predicted molar refractivity (Wildman–Crippen MR) is 208 cm³/mol. The van der Waals surface area contributed by atoms with Crippen LogP contribution in [0.1, 0.15) is 79.7 Å². The number of ketones is 1. The summed E-state index contributed by atoms with van der Waals surface area (Å²) in [5, 5.41) is 17.9. The molecule has 0 amide bonds. The molecule has 6 rings (SSSR count). The average Bonchev–Trinajstić information content (AvgIpc) is 3.07. The van der Waals surface area contributed by atoms with Crippen molar-refractivity contribution in [3.05, 3.63) is 102 Å². The van der Waals surface area contributed by atoms with Crippen LogP contribution in [0.15, 0.2) is 90.8 Å². The van der Waals surface area contributed by atoms with E-state index in [2.05, 4.69) is 113 Å². The Morgan fingerprint density at radius 2 is 1.49 bits per heavy atom. The third kappa shape index (κ3) is 7.55. The van der Waals surface area contributed by atoms with Crippen LogP contribution in [0.5, 0.6) is 0 Å². The Kier molecular flexibility index (Phi) is 12.3. The first-order valence-corrected chi connectivity index (χ1v) is 20.8. The number of rotatable bonds is 8. The summed E-state index contributed by atoms with van der Waals surface area (Å²) in [7, 11) is -2.00. The molecule has 2 heterocycles. The maximum atomic E-state index is 11.7.